The van der Waals surface area contributed by atoms with Crippen molar-refractivity contribution in [3.63, 3.8) is 0 Å². The molecule has 2 unspecified atom stereocenters. The van der Waals surface area contributed by atoms with Crippen LogP contribution in [-0.4, -0.2) is 30.1 Å². The Morgan fingerprint density at radius 1 is 0.857 bits per heavy atom. The Hall–Kier alpha value is -0.0800. The van der Waals surface area contributed by atoms with E-state index >= 15 is 0 Å². The van der Waals surface area contributed by atoms with Gasteiger partial charge in [-0.15, -0.1) is 0 Å². The van der Waals surface area contributed by atoms with Crippen molar-refractivity contribution in [3.05, 3.63) is 0 Å². The molecule has 0 bridgehead atoms. The molecule has 2 saturated carbocycles. The van der Waals surface area contributed by atoms with Gasteiger partial charge < -0.3 is 5.73 Å². The average molecular weight is 194 g/mol. The molecular formula is C12H22N2. The Balaban J connectivity index is 1.57. The summed E-state index contributed by atoms with van der Waals surface area (Å²) in [6.07, 6.45) is 8.47. The number of likely N-dealkylation sites (tertiary alicyclic amines) is 1. The van der Waals surface area contributed by atoms with E-state index in [4.69, 9.17) is 5.73 Å². The summed E-state index contributed by atoms with van der Waals surface area (Å²) in [6, 6.07) is 1.47. The predicted molar refractivity (Wildman–Crippen MR) is 58.0 cm³/mol. The third-order valence-electron chi connectivity index (χ3n) is 4.61. The van der Waals surface area contributed by atoms with Crippen molar-refractivity contribution in [2.75, 3.05) is 13.1 Å². The molecule has 3 aliphatic rings. The first-order valence-electron chi connectivity index (χ1n) is 6.36. The van der Waals surface area contributed by atoms with Crippen LogP contribution in [0, 0.1) is 11.8 Å². The molecule has 2 atom stereocenters. The number of nitrogens with zero attached hydrogens (tertiary/aromatic N) is 1. The summed E-state index contributed by atoms with van der Waals surface area (Å²) >= 11 is 0. The maximum Gasteiger partial charge on any atom is 0.0158 e. The predicted octanol–water partition coefficient (Wildman–Crippen LogP) is 1.60. The summed E-state index contributed by atoms with van der Waals surface area (Å²) in [6.45, 7) is 2.55. The fourth-order valence-corrected chi connectivity index (χ4v) is 3.71. The van der Waals surface area contributed by atoms with Crippen molar-refractivity contribution in [2.24, 2.45) is 17.6 Å². The van der Waals surface area contributed by atoms with Gasteiger partial charge >= 0.3 is 0 Å². The van der Waals surface area contributed by atoms with Crippen molar-refractivity contribution in [2.45, 2.75) is 50.6 Å². The molecule has 14 heavy (non-hydrogen) atoms. The Kier molecular flexibility index (Phi) is 2.29. The Labute approximate surface area is 86.8 Å². The average Bonchev–Trinajstić information content (AvgIpc) is 2.93. The molecule has 2 nitrogen and oxygen atoms in total. The van der Waals surface area contributed by atoms with Crippen LogP contribution in [0.3, 0.4) is 0 Å². The number of fused-ring (bicyclic) bond motifs is 1. The summed E-state index contributed by atoms with van der Waals surface area (Å²) in [5.74, 6) is 2.16. The standard InChI is InChI=1S/C12H22N2/c13-9-5-7-14(8-6-9)12-10-3-1-2-4-11(10)12/h9-12H,1-8,13H2. The molecule has 2 aliphatic carbocycles. The second-order valence-electron chi connectivity index (χ2n) is 5.48. The highest BCUT2D eigenvalue weighted by Gasteiger charge is 2.53. The first-order chi connectivity index (χ1) is 6.86. The highest BCUT2D eigenvalue weighted by Crippen LogP contribution is 2.53. The van der Waals surface area contributed by atoms with E-state index in [0.717, 1.165) is 17.9 Å². The van der Waals surface area contributed by atoms with E-state index in [1.165, 1.54) is 51.6 Å². The van der Waals surface area contributed by atoms with E-state index in [1.54, 1.807) is 0 Å². The first kappa shape index (κ1) is 9.17. The topological polar surface area (TPSA) is 29.3 Å². The van der Waals surface area contributed by atoms with E-state index in [9.17, 15) is 0 Å². The Bertz CT molecular complexity index is 196. The van der Waals surface area contributed by atoms with Crippen molar-refractivity contribution in [3.8, 4) is 0 Å². The zero-order valence-electron chi connectivity index (χ0n) is 8.99. The van der Waals surface area contributed by atoms with Crippen LogP contribution in [0.2, 0.25) is 0 Å². The van der Waals surface area contributed by atoms with Crippen LogP contribution in [0.1, 0.15) is 38.5 Å². The molecule has 3 rings (SSSR count). The minimum atomic E-state index is 0.493. The second-order valence-corrected chi connectivity index (χ2v) is 5.48. The van der Waals surface area contributed by atoms with E-state index in [-0.39, 0.29) is 0 Å². The third-order valence-corrected chi connectivity index (χ3v) is 4.61. The molecule has 2 heteroatoms. The lowest BCUT2D eigenvalue weighted by Gasteiger charge is -2.30. The van der Waals surface area contributed by atoms with Gasteiger partial charge in [-0.25, -0.2) is 0 Å². The Morgan fingerprint density at radius 2 is 1.43 bits per heavy atom. The highest BCUT2D eigenvalue weighted by molar-refractivity contribution is 5.06. The number of rotatable bonds is 1. The van der Waals surface area contributed by atoms with Crippen LogP contribution in [0.5, 0.6) is 0 Å². The maximum atomic E-state index is 5.94. The first-order valence-corrected chi connectivity index (χ1v) is 6.36. The second kappa shape index (κ2) is 3.49. The molecular weight excluding hydrogens is 172 g/mol. The van der Waals surface area contributed by atoms with Gasteiger partial charge in [-0.2, -0.15) is 0 Å². The van der Waals surface area contributed by atoms with Gasteiger partial charge in [0.25, 0.3) is 0 Å². The molecule has 1 aliphatic heterocycles. The van der Waals surface area contributed by atoms with Gasteiger partial charge in [-0.05, 0) is 50.6 Å². The van der Waals surface area contributed by atoms with Crippen LogP contribution >= 0.6 is 0 Å². The van der Waals surface area contributed by atoms with Crippen LogP contribution in [0.25, 0.3) is 0 Å². The van der Waals surface area contributed by atoms with E-state index in [0.29, 0.717) is 6.04 Å². The number of piperidine rings is 1. The zero-order chi connectivity index (χ0) is 9.54. The van der Waals surface area contributed by atoms with Crippen molar-refractivity contribution >= 4 is 0 Å². The zero-order valence-corrected chi connectivity index (χ0v) is 8.99. The molecule has 2 N–H and O–H groups in total. The molecule has 1 heterocycles. The molecule has 0 aromatic heterocycles. The van der Waals surface area contributed by atoms with Crippen molar-refractivity contribution in [1.29, 1.82) is 0 Å². The minimum Gasteiger partial charge on any atom is -0.328 e. The largest absolute Gasteiger partial charge is 0.328 e. The molecule has 0 radical (unpaired) electrons. The lowest BCUT2D eigenvalue weighted by Crippen LogP contribution is -2.41. The fraction of sp³-hybridized carbons (Fsp3) is 1.00. The van der Waals surface area contributed by atoms with Crippen LogP contribution in [-0.2, 0) is 0 Å². The van der Waals surface area contributed by atoms with Crippen LogP contribution in [0.15, 0.2) is 0 Å². The minimum absolute atomic E-state index is 0.493. The summed E-state index contributed by atoms with van der Waals surface area (Å²) in [5.41, 5.74) is 5.94. The van der Waals surface area contributed by atoms with Gasteiger partial charge in [0.15, 0.2) is 0 Å². The number of hydrogen-bond acceptors (Lipinski definition) is 2. The van der Waals surface area contributed by atoms with Crippen molar-refractivity contribution < 1.29 is 0 Å². The smallest absolute Gasteiger partial charge is 0.0158 e. The summed E-state index contributed by atoms with van der Waals surface area (Å²) in [4.78, 5) is 2.74. The van der Waals surface area contributed by atoms with Gasteiger partial charge in [0.2, 0.25) is 0 Å². The van der Waals surface area contributed by atoms with Crippen LogP contribution < -0.4 is 5.73 Å². The molecule has 0 aromatic rings. The molecule has 1 saturated heterocycles. The summed E-state index contributed by atoms with van der Waals surface area (Å²) < 4.78 is 0. The van der Waals surface area contributed by atoms with Gasteiger partial charge in [-0.1, -0.05) is 12.8 Å². The number of nitrogens with two attached hydrogens (primary N) is 1. The Morgan fingerprint density at radius 3 is 2.00 bits per heavy atom. The molecule has 3 fully saturated rings. The summed E-state index contributed by atoms with van der Waals surface area (Å²) in [5, 5.41) is 0. The van der Waals surface area contributed by atoms with E-state index in [1.807, 2.05) is 0 Å². The van der Waals surface area contributed by atoms with Gasteiger partial charge in [0.1, 0.15) is 0 Å². The number of hydrogen-bond donors (Lipinski definition) is 1. The molecule has 0 amide bonds. The van der Waals surface area contributed by atoms with Crippen molar-refractivity contribution in [1.82, 2.24) is 4.90 Å². The molecule has 80 valence electrons. The van der Waals surface area contributed by atoms with E-state index in [2.05, 4.69) is 4.90 Å². The third kappa shape index (κ3) is 1.49. The van der Waals surface area contributed by atoms with Crippen LogP contribution in [0.4, 0.5) is 0 Å². The monoisotopic (exact) mass is 194 g/mol. The maximum absolute atomic E-state index is 5.94. The summed E-state index contributed by atoms with van der Waals surface area (Å²) in [7, 11) is 0. The lowest BCUT2D eigenvalue weighted by molar-refractivity contribution is 0.190. The molecule has 0 spiro atoms. The normalized spacial score (nSPS) is 44.8. The van der Waals surface area contributed by atoms with Gasteiger partial charge in [-0.3, -0.25) is 4.90 Å². The van der Waals surface area contributed by atoms with Gasteiger partial charge in [0, 0.05) is 12.1 Å². The van der Waals surface area contributed by atoms with Gasteiger partial charge in [0.05, 0.1) is 0 Å². The molecule has 0 aromatic carbocycles. The lowest BCUT2D eigenvalue weighted by atomic mass is 10.0. The quantitative estimate of drug-likeness (QED) is 0.687. The SMILES string of the molecule is NC1CCN(C2C3CCCCC32)CC1. The highest BCUT2D eigenvalue weighted by atomic mass is 15.2. The van der Waals surface area contributed by atoms with E-state index < -0.39 is 0 Å². The fourth-order valence-electron chi connectivity index (χ4n) is 3.71.